The summed E-state index contributed by atoms with van der Waals surface area (Å²) in [5, 5.41) is 7.21. The van der Waals surface area contributed by atoms with E-state index in [0.717, 1.165) is 30.2 Å². The van der Waals surface area contributed by atoms with Gasteiger partial charge in [-0.05, 0) is 56.0 Å². The van der Waals surface area contributed by atoms with E-state index in [4.69, 9.17) is 11.6 Å². The maximum Gasteiger partial charge on any atom is 0.226 e. The minimum atomic E-state index is -0.424. The Hall–Kier alpha value is -1.06. The van der Waals surface area contributed by atoms with Crippen molar-refractivity contribution >= 4 is 17.5 Å². The fourth-order valence-electron chi connectivity index (χ4n) is 2.81. The van der Waals surface area contributed by atoms with Crippen molar-refractivity contribution in [1.82, 2.24) is 10.6 Å². The van der Waals surface area contributed by atoms with Crippen LogP contribution in [-0.4, -0.2) is 25.5 Å². The third-order valence-electron chi connectivity index (χ3n) is 4.10. The molecule has 2 N–H and O–H groups in total. The van der Waals surface area contributed by atoms with Crippen LogP contribution < -0.4 is 10.6 Å². The lowest BCUT2D eigenvalue weighted by Crippen LogP contribution is -2.43. The van der Waals surface area contributed by atoms with Gasteiger partial charge in [0, 0.05) is 17.0 Å². The molecule has 1 aliphatic heterocycles. The van der Waals surface area contributed by atoms with Crippen molar-refractivity contribution in [2.45, 2.75) is 33.1 Å². The van der Waals surface area contributed by atoms with Crippen molar-refractivity contribution in [1.29, 1.82) is 0 Å². The lowest BCUT2D eigenvalue weighted by molar-refractivity contribution is -0.129. The first-order valence-electron chi connectivity index (χ1n) is 7.71. The number of rotatable bonds is 5. The Balaban J connectivity index is 1.87. The molecule has 2 rings (SSSR count). The Morgan fingerprint density at radius 3 is 2.95 bits per heavy atom. The molecule has 1 saturated heterocycles. The normalized spacial score (nSPS) is 19.3. The van der Waals surface area contributed by atoms with Gasteiger partial charge in [-0.3, -0.25) is 4.79 Å². The van der Waals surface area contributed by atoms with Crippen LogP contribution in [0.25, 0.3) is 0 Å². The zero-order chi connectivity index (χ0) is 15.3. The zero-order valence-electron chi connectivity index (χ0n) is 12.9. The fourth-order valence-corrected chi connectivity index (χ4v) is 3.02. The second-order valence-electron chi connectivity index (χ2n) is 6.61. The summed E-state index contributed by atoms with van der Waals surface area (Å²) in [5.41, 5.74) is 0.675. The molecule has 1 heterocycles. The molecule has 1 unspecified atom stereocenters. The number of halogens is 1. The van der Waals surface area contributed by atoms with Crippen LogP contribution in [0.1, 0.15) is 32.3 Å². The maximum absolute atomic E-state index is 12.4. The fraction of sp³-hybridized carbons (Fsp3) is 0.588. The van der Waals surface area contributed by atoms with Crippen molar-refractivity contribution in [3.8, 4) is 0 Å². The summed E-state index contributed by atoms with van der Waals surface area (Å²) in [4.78, 5) is 12.4. The van der Waals surface area contributed by atoms with Gasteiger partial charge in [0.2, 0.25) is 5.91 Å². The largest absolute Gasteiger partial charge is 0.355 e. The summed E-state index contributed by atoms with van der Waals surface area (Å²) in [5.74, 6) is 0.678. The van der Waals surface area contributed by atoms with Crippen LogP contribution in [0.4, 0.5) is 0 Å². The molecule has 0 saturated carbocycles. The standard InChI is InChI=1S/C17H25ClN2O/c1-17(2,10-13-5-3-7-15(18)9-13)16(21)20-12-14-6-4-8-19-11-14/h3,5,7,9,14,19H,4,6,8,10-12H2,1-2H3,(H,20,21). The summed E-state index contributed by atoms with van der Waals surface area (Å²) in [6, 6.07) is 7.74. The quantitative estimate of drug-likeness (QED) is 0.878. The van der Waals surface area contributed by atoms with Gasteiger partial charge >= 0.3 is 0 Å². The maximum atomic E-state index is 12.4. The first kappa shape index (κ1) is 16.3. The molecule has 0 radical (unpaired) electrons. The third-order valence-corrected chi connectivity index (χ3v) is 4.34. The molecule has 0 bridgehead atoms. The van der Waals surface area contributed by atoms with Gasteiger partial charge in [0.05, 0.1) is 0 Å². The van der Waals surface area contributed by atoms with Gasteiger partial charge in [0.1, 0.15) is 0 Å². The van der Waals surface area contributed by atoms with Crippen molar-refractivity contribution < 1.29 is 4.79 Å². The van der Waals surface area contributed by atoms with Gasteiger partial charge < -0.3 is 10.6 Å². The Morgan fingerprint density at radius 2 is 2.29 bits per heavy atom. The highest BCUT2D eigenvalue weighted by molar-refractivity contribution is 6.30. The molecular weight excluding hydrogens is 284 g/mol. The third kappa shape index (κ3) is 5.01. The van der Waals surface area contributed by atoms with E-state index in [2.05, 4.69) is 10.6 Å². The van der Waals surface area contributed by atoms with E-state index in [9.17, 15) is 4.79 Å². The number of carbonyl (C=O) groups excluding carboxylic acids is 1. The minimum Gasteiger partial charge on any atom is -0.355 e. The van der Waals surface area contributed by atoms with Crippen molar-refractivity contribution in [3.63, 3.8) is 0 Å². The Morgan fingerprint density at radius 1 is 1.48 bits per heavy atom. The summed E-state index contributed by atoms with van der Waals surface area (Å²) < 4.78 is 0. The second kappa shape index (κ2) is 7.28. The number of hydrogen-bond acceptors (Lipinski definition) is 2. The molecule has 1 amide bonds. The monoisotopic (exact) mass is 308 g/mol. The Kier molecular flexibility index (Phi) is 5.65. The van der Waals surface area contributed by atoms with E-state index in [1.54, 1.807) is 0 Å². The SMILES string of the molecule is CC(C)(Cc1cccc(Cl)c1)C(=O)NCC1CCCNC1. The van der Waals surface area contributed by atoms with E-state index < -0.39 is 5.41 Å². The van der Waals surface area contributed by atoms with Gasteiger partial charge in [0.15, 0.2) is 0 Å². The van der Waals surface area contributed by atoms with Crippen molar-refractivity contribution in [2.24, 2.45) is 11.3 Å². The molecular formula is C17H25ClN2O. The van der Waals surface area contributed by atoms with Gasteiger partial charge in [-0.15, -0.1) is 0 Å². The summed E-state index contributed by atoms with van der Waals surface area (Å²) in [6.07, 6.45) is 3.09. The van der Waals surface area contributed by atoms with Crippen LogP contribution in [0.3, 0.4) is 0 Å². The molecule has 1 aromatic carbocycles. The molecule has 3 nitrogen and oxygen atoms in total. The van der Waals surface area contributed by atoms with E-state index in [0.29, 0.717) is 12.3 Å². The first-order chi connectivity index (χ1) is 9.97. The van der Waals surface area contributed by atoms with Gasteiger partial charge in [-0.2, -0.15) is 0 Å². The highest BCUT2D eigenvalue weighted by Crippen LogP contribution is 2.24. The van der Waals surface area contributed by atoms with Crippen molar-refractivity contribution in [3.05, 3.63) is 34.9 Å². The number of amides is 1. The van der Waals surface area contributed by atoms with Gasteiger partial charge in [-0.25, -0.2) is 0 Å². The highest BCUT2D eigenvalue weighted by Gasteiger charge is 2.28. The molecule has 1 fully saturated rings. The van der Waals surface area contributed by atoms with E-state index >= 15 is 0 Å². The topological polar surface area (TPSA) is 41.1 Å². The lowest BCUT2D eigenvalue weighted by Gasteiger charge is -2.27. The van der Waals surface area contributed by atoms with Gasteiger partial charge in [-0.1, -0.05) is 37.6 Å². The molecule has 21 heavy (non-hydrogen) atoms. The molecule has 1 aromatic rings. The average molecular weight is 309 g/mol. The molecule has 116 valence electrons. The van der Waals surface area contributed by atoms with Gasteiger partial charge in [0.25, 0.3) is 0 Å². The lowest BCUT2D eigenvalue weighted by atomic mass is 9.84. The number of hydrogen-bond donors (Lipinski definition) is 2. The number of carbonyl (C=O) groups is 1. The van der Waals surface area contributed by atoms with Crippen LogP contribution in [0.15, 0.2) is 24.3 Å². The number of piperidine rings is 1. The van der Waals surface area contributed by atoms with Crippen LogP contribution in [0.5, 0.6) is 0 Å². The predicted octanol–water partition coefficient (Wildman–Crippen LogP) is 3.02. The highest BCUT2D eigenvalue weighted by atomic mass is 35.5. The number of nitrogens with one attached hydrogen (secondary N) is 2. The Bertz CT molecular complexity index is 481. The molecule has 1 aliphatic rings. The molecule has 0 aromatic heterocycles. The van der Waals surface area contributed by atoms with Crippen LogP contribution in [0, 0.1) is 11.3 Å². The summed E-state index contributed by atoms with van der Waals surface area (Å²) in [7, 11) is 0. The molecule has 1 atom stereocenters. The van der Waals surface area contributed by atoms with E-state index in [-0.39, 0.29) is 5.91 Å². The van der Waals surface area contributed by atoms with Crippen LogP contribution >= 0.6 is 11.6 Å². The zero-order valence-corrected chi connectivity index (χ0v) is 13.7. The summed E-state index contributed by atoms with van der Waals surface area (Å²) in [6.45, 7) is 6.86. The van der Waals surface area contributed by atoms with Crippen LogP contribution in [0.2, 0.25) is 5.02 Å². The summed E-state index contributed by atoms with van der Waals surface area (Å²) >= 11 is 6.01. The first-order valence-corrected chi connectivity index (χ1v) is 8.08. The number of benzene rings is 1. The molecule has 0 aliphatic carbocycles. The molecule has 4 heteroatoms. The molecule has 0 spiro atoms. The van der Waals surface area contributed by atoms with Crippen LogP contribution in [-0.2, 0) is 11.2 Å². The second-order valence-corrected chi connectivity index (χ2v) is 7.05. The van der Waals surface area contributed by atoms with E-state index in [1.165, 1.54) is 12.8 Å². The van der Waals surface area contributed by atoms with E-state index in [1.807, 2.05) is 38.1 Å². The minimum absolute atomic E-state index is 0.119. The predicted molar refractivity (Wildman–Crippen MR) is 87.5 cm³/mol. The smallest absolute Gasteiger partial charge is 0.226 e. The van der Waals surface area contributed by atoms with Crippen molar-refractivity contribution in [2.75, 3.05) is 19.6 Å². The average Bonchev–Trinajstić information content (AvgIpc) is 2.45. The Labute approximate surface area is 132 Å².